The molecule has 1 heterocycles. The third kappa shape index (κ3) is 3.47. The van der Waals surface area contributed by atoms with Crippen molar-refractivity contribution in [3.63, 3.8) is 0 Å². The number of amides is 2. The van der Waals surface area contributed by atoms with Crippen molar-refractivity contribution in [3.8, 4) is 11.1 Å². The first kappa shape index (κ1) is 15.4. The van der Waals surface area contributed by atoms with E-state index >= 15 is 0 Å². The van der Waals surface area contributed by atoms with Crippen LogP contribution in [-0.2, 0) is 0 Å². The molecular formula is C19H15N3O2. The third-order valence-electron chi connectivity index (χ3n) is 3.57. The molecule has 1 aromatic heterocycles. The summed E-state index contributed by atoms with van der Waals surface area (Å²) in [5.41, 5.74) is 8.67. The summed E-state index contributed by atoms with van der Waals surface area (Å²) in [5.74, 6) is -0.786. The molecule has 3 aromatic rings. The van der Waals surface area contributed by atoms with Crippen LogP contribution in [0.3, 0.4) is 0 Å². The predicted molar refractivity (Wildman–Crippen MR) is 92.6 cm³/mol. The van der Waals surface area contributed by atoms with Gasteiger partial charge in [-0.3, -0.25) is 14.6 Å². The molecule has 0 bridgehead atoms. The Bertz CT molecular complexity index is 875. The second-order valence-electron chi connectivity index (χ2n) is 5.21. The van der Waals surface area contributed by atoms with Gasteiger partial charge in [0.25, 0.3) is 5.91 Å². The minimum Gasteiger partial charge on any atom is -0.366 e. The first-order chi connectivity index (χ1) is 11.6. The molecule has 0 aliphatic carbocycles. The van der Waals surface area contributed by atoms with Gasteiger partial charge in [-0.05, 0) is 53.6 Å². The van der Waals surface area contributed by atoms with Gasteiger partial charge < -0.3 is 11.1 Å². The molecule has 5 nitrogen and oxygen atoms in total. The number of anilines is 1. The average molecular weight is 317 g/mol. The lowest BCUT2D eigenvalue weighted by Gasteiger charge is -2.07. The van der Waals surface area contributed by atoms with Crippen LogP contribution in [0.15, 0.2) is 73.1 Å². The molecule has 2 amide bonds. The van der Waals surface area contributed by atoms with Crippen LogP contribution in [0.2, 0.25) is 0 Å². The Morgan fingerprint density at radius 2 is 1.50 bits per heavy atom. The van der Waals surface area contributed by atoms with Gasteiger partial charge in [-0.2, -0.15) is 0 Å². The van der Waals surface area contributed by atoms with Crippen molar-refractivity contribution in [2.24, 2.45) is 5.73 Å². The second-order valence-corrected chi connectivity index (χ2v) is 5.21. The summed E-state index contributed by atoms with van der Waals surface area (Å²) in [5, 5.41) is 2.76. The number of pyridine rings is 1. The molecule has 0 saturated carbocycles. The normalized spacial score (nSPS) is 10.2. The first-order valence-electron chi connectivity index (χ1n) is 7.35. The number of hydrogen-bond donors (Lipinski definition) is 2. The summed E-state index contributed by atoms with van der Waals surface area (Å²) in [6.45, 7) is 0. The average Bonchev–Trinajstić information content (AvgIpc) is 2.63. The van der Waals surface area contributed by atoms with Crippen molar-refractivity contribution >= 4 is 17.5 Å². The van der Waals surface area contributed by atoms with Crippen LogP contribution < -0.4 is 11.1 Å². The Balaban J connectivity index is 1.76. The van der Waals surface area contributed by atoms with Gasteiger partial charge in [-0.15, -0.1) is 0 Å². The maximum Gasteiger partial charge on any atom is 0.255 e. The Morgan fingerprint density at radius 1 is 0.833 bits per heavy atom. The third-order valence-corrected chi connectivity index (χ3v) is 3.57. The number of primary amides is 1. The van der Waals surface area contributed by atoms with Crippen molar-refractivity contribution in [1.29, 1.82) is 0 Å². The number of hydrogen-bond acceptors (Lipinski definition) is 3. The van der Waals surface area contributed by atoms with Gasteiger partial charge in [0.1, 0.15) is 0 Å². The number of nitrogens with zero attached hydrogens (tertiary/aromatic N) is 1. The molecule has 118 valence electrons. The topological polar surface area (TPSA) is 85.1 Å². The maximum atomic E-state index is 12.3. The summed E-state index contributed by atoms with van der Waals surface area (Å²) < 4.78 is 0. The summed E-state index contributed by atoms with van der Waals surface area (Å²) in [6.07, 6.45) is 3.45. The van der Waals surface area contributed by atoms with Crippen LogP contribution in [-0.4, -0.2) is 16.8 Å². The van der Waals surface area contributed by atoms with E-state index in [1.54, 1.807) is 48.8 Å². The lowest BCUT2D eigenvalue weighted by Crippen LogP contribution is -2.14. The van der Waals surface area contributed by atoms with Crippen molar-refractivity contribution < 1.29 is 9.59 Å². The van der Waals surface area contributed by atoms with E-state index in [-0.39, 0.29) is 5.91 Å². The molecule has 0 aliphatic rings. The molecule has 0 aliphatic heterocycles. The Morgan fingerprint density at radius 3 is 2.17 bits per heavy atom. The van der Waals surface area contributed by atoms with Gasteiger partial charge in [-0.1, -0.05) is 18.2 Å². The summed E-state index contributed by atoms with van der Waals surface area (Å²) in [7, 11) is 0. The van der Waals surface area contributed by atoms with Gasteiger partial charge in [0, 0.05) is 29.2 Å². The molecule has 3 rings (SSSR count). The van der Waals surface area contributed by atoms with Crippen LogP contribution in [0.25, 0.3) is 11.1 Å². The van der Waals surface area contributed by atoms with E-state index in [9.17, 15) is 9.59 Å². The number of benzene rings is 2. The van der Waals surface area contributed by atoms with Crippen molar-refractivity contribution in [2.45, 2.75) is 0 Å². The van der Waals surface area contributed by atoms with Crippen LogP contribution in [0.1, 0.15) is 20.7 Å². The number of carbonyl (C=O) groups is 2. The highest BCUT2D eigenvalue weighted by molar-refractivity contribution is 6.05. The quantitative estimate of drug-likeness (QED) is 0.775. The monoisotopic (exact) mass is 317 g/mol. The Kier molecular flexibility index (Phi) is 4.34. The van der Waals surface area contributed by atoms with E-state index in [4.69, 9.17) is 5.73 Å². The molecular weight excluding hydrogens is 302 g/mol. The SMILES string of the molecule is NC(=O)c1cccc(NC(=O)c2ccc(-c3ccncc3)cc2)c1. The number of rotatable bonds is 4. The largest absolute Gasteiger partial charge is 0.366 e. The predicted octanol–water partition coefficient (Wildman–Crippen LogP) is 3.10. The lowest BCUT2D eigenvalue weighted by molar-refractivity contribution is 0.0996. The van der Waals surface area contributed by atoms with Crippen LogP contribution >= 0.6 is 0 Å². The standard InChI is InChI=1S/C19H15N3O2/c20-18(23)16-2-1-3-17(12-16)22-19(24)15-6-4-13(5-7-15)14-8-10-21-11-9-14/h1-12H,(H2,20,23)(H,22,24). The van der Waals surface area contributed by atoms with Gasteiger partial charge >= 0.3 is 0 Å². The van der Waals surface area contributed by atoms with Gasteiger partial charge in [-0.25, -0.2) is 0 Å². The van der Waals surface area contributed by atoms with Gasteiger partial charge in [0.15, 0.2) is 0 Å². The number of nitrogens with one attached hydrogen (secondary N) is 1. The Labute approximate surface area is 139 Å². The highest BCUT2D eigenvalue weighted by atomic mass is 16.2. The fourth-order valence-corrected chi connectivity index (χ4v) is 2.31. The molecule has 0 fully saturated rings. The molecule has 24 heavy (non-hydrogen) atoms. The van der Waals surface area contributed by atoms with E-state index in [2.05, 4.69) is 10.3 Å². The van der Waals surface area contributed by atoms with E-state index in [1.807, 2.05) is 24.3 Å². The molecule has 0 unspecified atom stereocenters. The summed E-state index contributed by atoms with van der Waals surface area (Å²) in [4.78, 5) is 27.5. The zero-order valence-corrected chi connectivity index (χ0v) is 12.8. The van der Waals surface area contributed by atoms with E-state index < -0.39 is 5.91 Å². The van der Waals surface area contributed by atoms with Crippen LogP contribution in [0.4, 0.5) is 5.69 Å². The number of carbonyl (C=O) groups excluding carboxylic acids is 2. The smallest absolute Gasteiger partial charge is 0.255 e. The second kappa shape index (κ2) is 6.75. The minimum absolute atomic E-state index is 0.252. The molecule has 5 heteroatoms. The zero-order valence-electron chi connectivity index (χ0n) is 12.8. The first-order valence-corrected chi connectivity index (χ1v) is 7.35. The number of aromatic nitrogens is 1. The molecule has 0 atom stereocenters. The minimum atomic E-state index is -0.534. The van der Waals surface area contributed by atoms with E-state index in [0.29, 0.717) is 16.8 Å². The van der Waals surface area contributed by atoms with E-state index in [1.165, 1.54) is 0 Å². The highest BCUT2D eigenvalue weighted by Crippen LogP contribution is 2.19. The van der Waals surface area contributed by atoms with Gasteiger partial charge in [0.2, 0.25) is 5.91 Å². The van der Waals surface area contributed by atoms with E-state index in [0.717, 1.165) is 11.1 Å². The fraction of sp³-hybridized carbons (Fsp3) is 0. The highest BCUT2D eigenvalue weighted by Gasteiger charge is 2.08. The molecule has 0 radical (unpaired) electrons. The Hall–Kier alpha value is -3.47. The zero-order chi connectivity index (χ0) is 16.9. The van der Waals surface area contributed by atoms with Crippen molar-refractivity contribution in [3.05, 3.63) is 84.2 Å². The molecule has 2 aromatic carbocycles. The number of nitrogens with two attached hydrogens (primary N) is 1. The van der Waals surface area contributed by atoms with Crippen LogP contribution in [0.5, 0.6) is 0 Å². The molecule has 0 spiro atoms. The van der Waals surface area contributed by atoms with Crippen LogP contribution in [0, 0.1) is 0 Å². The molecule has 0 saturated heterocycles. The fourth-order valence-electron chi connectivity index (χ4n) is 2.31. The van der Waals surface area contributed by atoms with Crippen molar-refractivity contribution in [2.75, 3.05) is 5.32 Å². The summed E-state index contributed by atoms with van der Waals surface area (Å²) >= 11 is 0. The maximum absolute atomic E-state index is 12.3. The van der Waals surface area contributed by atoms with Crippen molar-refractivity contribution in [1.82, 2.24) is 4.98 Å². The summed E-state index contributed by atoms with van der Waals surface area (Å²) in [6, 6.07) is 17.6. The van der Waals surface area contributed by atoms with Gasteiger partial charge in [0.05, 0.1) is 0 Å². The lowest BCUT2D eigenvalue weighted by atomic mass is 10.0. The molecule has 3 N–H and O–H groups in total.